The van der Waals surface area contributed by atoms with Gasteiger partial charge in [-0.05, 0) is 0 Å². The van der Waals surface area contributed by atoms with Crippen molar-refractivity contribution in [1.29, 1.82) is 0 Å². The summed E-state index contributed by atoms with van der Waals surface area (Å²) in [7, 11) is -2.64. The molecule has 12 heteroatoms. The van der Waals surface area contributed by atoms with Crippen LogP contribution in [0.4, 0.5) is 22.6 Å². The van der Waals surface area contributed by atoms with Crippen LogP contribution in [0, 0.1) is 10.1 Å². The molecular formula is C25H23F6NO3PSb. The topological polar surface area (TPSA) is 63.4 Å². The van der Waals surface area contributed by atoms with Crippen LogP contribution in [0.3, 0.4) is 0 Å². The molecule has 0 amide bonds. The van der Waals surface area contributed by atoms with Crippen LogP contribution >= 0.6 is 7.26 Å². The Hall–Kier alpha value is -3.09. The molecule has 1 N–H and O–H groups in total. The zero-order valence-corrected chi connectivity index (χ0v) is 22.6. The molecule has 0 atom stereocenters. The summed E-state index contributed by atoms with van der Waals surface area (Å²) in [6.45, 7) is 0. The third-order valence-corrected chi connectivity index (χ3v) is 10.4. The van der Waals surface area contributed by atoms with Crippen LogP contribution in [-0.2, 0) is 6.16 Å². The van der Waals surface area contributed by atoms with Crippen molar-refractivity contribution in [3.8, 4) is 5.75 Å². The zero-order chi connectivity index (χ0) is 27.4. The van der Waals surface area contributed by atoms with Crippen molar-refractivity contribution in [2.24, 2.45) is 0 Å². The summed E-state index contributed by atoms with van der Waals surface area (Å²) < 4.78 is 59.6. The molecule has 0 unspecified atom stereocenters. The van der Waals surface area contributed by atoms with Crippen molar-refractivity contribution in [2.75, 3.05) is 0 Å². The first-order valence-electron chi connectivity index (χ1n) is 10.8. The van der Waals surface area contributed by atoms with Gasteiger partial charge in [-0.2, -0.15) is 0 Å². The van der Waals surface area contributed by atoms with Crippen LogP contribution in [-0.4, -0.2) is 29.5 Å². The van der Waals surface area contributed by atoms with Crippen molar-refractivity contribution in [2.45, 2.75) is 6.16 Å². The molecule has 198 valence electrons. The maximum absolute atomic E-state index is 11.4. The van der Waals surface area contributed by atoms with E-state index in [0.717, 1.165) is 0 Å². The van der Waals surface area contributed by atoms with E-state index in [0.29, 0.717) is 11.7 Å². The van der Waals surface area contributed by atoms with E-state index in [-0.39, 0.29) is 12.9 Å². The van der Waals surface area contributed by atoms with Gasteiger partial charge in [-0.3, -0.25) is 0 Å². The van der Waals surface area contributed by atoms with E-state index >= 15 is 0 Å². The number of halogens is 6. The Kier molecular flexibility index (Phi) is 7.69. The number of non-ortho nitro benzene ring substituents is 1. The standard InChI is InChI=1S/C25H22NO3P.6FH.Sb/c27-25-17-16-21(26(28)29)18-20(25)19-30(22-10-4-1-5-11-22,23-12-6-2-7-13-23)24-14-8-3-9-15-24;;;;;;;/h1-18,27,30H,19H2;6*1H;/q;;;;;;;+5/p-5. The SMILES string of the molecule is O=[N+]([O-])c1ccc(O)c(C[PH](c2ccccc2)(c2ccccc2)c2ccccc2)c1.[F][Sb-]([F])([F])([F])([F])[F].[H+]. The molecule has 4 aromatic rings. The van der Waals surface area contributed by atoms with Crippen molar-refractivity contribution in [1.82, 2.24) is 0 Å². The average molecular weight is 652 g/mol. The Morgan fingerprint density at radius 2 is 1.05 bits per heavy atom. The predicted octanol–water partition coefficient (Wildman–Crippen LogP) is 6.78. The molecule has 0 radical (unpaired) electrons. The molecule has 4 nitrogen and oxygen atoms in total. The second-order valence-corrected chi connectivity index (χ2v) is 17.6. The molecule has 0 saturated heterocycles. The van der Waals surface area contributed by atoms with Crippen LogP contribution in [0.1, 0.15) is 6.99 Å². The first-order valence-corrected chi connectivity index (χ1v) is 18.8. The molecule has 4 rings (SSSR count). The summed E-state index contributed by atoms with van der Waals surface area (Å²) in [6.07, 6.45) is 0.512. The van der Waals surface area contributed by atoms with Crippen LogP contribution in [0.2, 0.25) is 0 Å². The van der Waals surface area contributed by atoms with Crippen LogP contribution < -0.4 is 15.9 Å². The van der Waals surface area contributed by atoms with E-state index in [4.69, 9.17) is 0 Å². The second-order valence-electron chi connectivity index (χ2n) is 8.21. The van der Waals surface area contributed by atoms with Gasteiger partial charge in [-0.1, -0.05) is 0 Å². The minimum Gasteiger partial charge on any atom is 1.00 e. The maximum atomic E-state index is 11.4. The number of phenols is 1. The molecule has 0 aliphatic carbocycles. The molecule has 0 aromatic heterocycles. The van der Waals surface area contributed by atoms with E-state index in [2.05, 4.69) is 36.4 Å². The molecule has 0 saturated carbocycles. The average Bonchev–Trinajstić information content (AvgIpc) is 2.83. The summed E-state index contributed by atoms with van der Waals surface area (Å²) in [4.78, 5) is 11.0. The van der Waals surface area contributed by atoms with Gasteiger partial charge in [0.25, 0.3) is 0 Å². The Bertz CT molecular complexity index is 1270. The van der Waals surface area contributed by atoms with Gasteiger partial charge in [-0.15, -0.1) is 0 Å². The smallest absolute Gasteiger partial charge is 1.00 e. The van der Waals surface area contributed by atoms with Crippen LogP contribution in [0.5, 0.6) is 5.75 Å². The van der Waals surface area contributed by atoms with Gasteiger partial charge in [0.1, 0.15) is 0 Å². The van der Waals surface area contributed by atoms with Gasteiger partial charge in [0, 0.05) is 0 Å². The molecule has 4 aromatic carbocycles. The van der Waals surface area contributed by atoms with E-state index in [1.165, 1.54) is 34.1 Å². The normalized spacial score (nSPS) is 13.9. The number of nitro groups is 1. The summed E-state index contributed by atoms with van der Waals surface area (Å²) in [5.74, 6) is 0.0836. The fourth-order valence-electron chi connectivity index (χ4n) is 4.09. The van der Waals surface area contributed by atoms with Crippen molar-refractivity contribution in [3.63, 3.8) is 0 Å². The number of nitro benzene ring substituents is 1. The fourth-order valence-corrected chi connectivity index (χ4v) is 8.84. The molecule has 37 heavy (non-hydrogen) atoms. The number of hydrogen-bond acceptors (Lipinski definition) is 3. The fraction of sp³-hybridized carbons (Fsp3) is 0.0400. The summed E-state index contributed by atoms with van der Waals surface area (Å²) in [5.41, 5.74) is 0.576. The number of phenolic OH excluding ortho intramolecular Hbond substituents is 1. The molecule has 0 bridgehead atoms. The van der Waals surface area contributed by atoms with Gasteiger partial charge in [0.15, 0.2) is 0 Å². The van der Waals surface area contributed by atoms with E-state index in [1.807, 2.05) is 54.6 Å². The van der Waals surface area contributed by atoms with Crippen molar-refractivity contribution in [3.05, 3.63) is 125 Å². The molecule has 0 aliphatic heterocycles. The molecule has 0 spiro atoms. The van der Waals surface area contributed by atoms with Gasteiger partial charge < -0.3 is 0 Å². The third-order valence-electron chi connectivity index (χ3n) is 5.53. The van der Waals surface area contributed by atoms with Crippen LogP contribution in [0.25, 0.3) is 0 Å². The minimum atomic E-state index is -11.2. The summed E-state index contributed by atoms with van der Waals surface area (Å²) in [5, 5.41) is 25.6. The second kappa shape index (κ2) is 9.99. The number of benzene rings is 4. The first-order chi connectivity index (χ1) is 17.1. The number of aromatic hydroxyl groups is 1. The first kappa shape index (κ1) is 28.5. The summed E-state index contributed by atoms with van der Waals surface area (Å²) in [6, 6.07) is 35.1. The van der Waals surface area contributed by atoms with Gasteiger partial charge >= 0.3 is 213 Å². The third kappa shape index (κ3) is 8.47. The summed E-state index contributed by atoms with van der Waals surface area (Å²) >= 11 is -11.2. The monoisotopic (exact) mass is 651 g/mol. The molecule has 0 heterocycles. The number of rotatable bonds is 6. The Morgan fingerprint density at radius 3 is 1.38 bits per heavy atom. The Labute approximate surface area is 213 Å². The Balaban J connectivity index is 0.000000561. The minimum absolute atomic E-state index is 0. The van der Waals surface area contributed by atoms with Gasteiger partial charge in [0.2, 0.25) is 0 Å². The Morgan fingerprint density at radius 1 is 0.703 bits per heavy atom. The predicted molar refractivity (Wildman–Crippen MR) is 139 cm³/mol. The number of nitrogens with zero attached hydrogens (tertiary/aromatic N) is 1. The van der Waals surface area contributed by atoms with E-state index < -0.39 is 31.7 Å². The van der Waals surface area contributed by atoms with Crippen molar-refractivity contribution >= 4 is 48.3 Å². The largest absolute Gasteiger partial charge is 1.00 e. The molecule has 0 fully saturated rings. The van der Waals surface area contributed by atoms with Crippen LogP contribution in [0.15, 0.2) is 109 Å². The van der Waals surface area contributed by atoms with Crippen molar-refractivity contribution < 1.29 is 28.3 Å². The zero-order valence-electron chi connectivity index (χ0n) is 20.0. The van der Waals surface area contributed by atoms with E-state index in [9.17, 15) is 32.1 Å². The quantitative estimate of drug-likeness (QED) is 0.0822. The number of hydrogen-bond donors (Lipinski definition) is 1. The van der Waals surface area contributed by atoms with E-state index in [1.54, 1.807) is 0 Å². The molecular weight excluding hydrogens is 629 g/mol. The van der Waals surface area contributed by atoms with Gasteiger partial charge in [0.05, 0.1) is 0 Å². The molecule has 0 aliphatic rings. The van der Waals surface area contributed by atoms with Gasteiger partial charge in [-0.25, -0.2) is 0 Å². The maximum Gasteiger partial charge on any atom is 1.00 e.